The second-order valence-corrected chi connectivity index (χ2v) is 8.95. The first kappa shape index (κ1) is 17.7. The average Bonchev–Trinajstić information content (AvgIpc) is 3.39. The van der Waals surface area contributed by atoms with E-state index >= 15 is 0 Å². The van der Waals surface area contributed by atoms with Gasteiger partial charge in [-0.15, -0.1) is 0 Å². The fraction of sp³-hybridized carbons (Fsp3) is 0.647. The summed E-state index contributed by atoms with van der Waals surface area (Å²) >= 11 is 0. The van der Waals surface area contributed by atoms with Crippen LogP contribution >= 0.6 is 0 Å². The molecule has 0 bridgehead atoms. The number of rotatable bonds is 4. The molecule has 0 amide bonds. The van der Waals surface area contributed by atoms with Gasteiger partial charge in [0.2, 0.25) is 9.84 Å². The van der Waals surface area contributed by atoms with Gasteiger partial charge in [0.25, 0.3) is 0 Å². The van der Waals surface area contributed by atoms with E-state index in [1.54, 1.807) is 6.92 Å². The van der Waals surface area contributed by atoms with Gasteiger partial charge in [-0.1, -0.05) is 13.0 Å². The van der Waals surface area contributed by atoms with Gasteiger partial charge in [0.1, 0.15) is 0 Å². The largest absolute Gasteiger partial charge is 0.416 e. The third-order valence-electron chi connectivity index (χ3n) is 5.22. The first-order chi connectivity index (χ1) is 11.2. The number of sulfone groups is 1. The smallest absolute Gasteiger partial charge is 0.359 e. The number of halogens is 3. The maximum Gasteiger partial charge on any atom is 0.416 e. The predicted molar refractivity (Wildman–Crippen MR) is 83.1 cm³/mol. The van der Waals surface area contributed by atoms with Gasteiger partial charge in [-0.3, -0.25) is 0 Å². The molecular formula is C17H21F3O3S. The average molecular weight is 362 g/mol. The van der Waals surface area contributed by atoms with Gasteiger partial charge < -0.3 is 4.74 Å². The third-order valence-corrected chi connectivity index (χ3v) is 7.64. The van der Waals surface area contributed by atoms with Gasteiger partial charge in [0, 0.05) is 6.61 Å². The molecule has 1 saturated heterocycles. The van der Waals surface area contributed by atoms with Gasteiger partial charge in [-0.2, -0.15) is 13.2 Å². The Balaban J connectivity index is 1.98. The summed E-state index contributed by atoms with van der Waals surface area (Å²) in [7, 11) is -4.02. The van der Waals surface area contributed by atoms with E-state index in [-0.39, 0.29) is 17.2 Å². The van der Waals surface area contributed by atoms with Crippen LogP contribution in [0.3, 0.4) is 0 Å². The second kappa shape index (κ2) is 6.02. The highest BCUT2D eigenvalue weighted by molar-refractivity contribution is 7.92. The van der Waals surface area contributed by atoms with Gasteiger partial charge in [0.15, 0.2) is 4.93 Å². The Morgan fingerprint density at radius 2 is 1.92 bits per heavy atom. The van der Waals surface area contributed by atoms with Crippen LogP contribution in [0, 0.1) is 11.8 Å². The molecule has 1 aliphatic carbocycles. The molecule has 7 heteroatoms. The summed E-state index contributed by atoms with van der Waals surface area (Å²) in [4.78, 5) is -1.72. The standard InChI is InChI=1S/C17H21F3O3S/c1-2-16(11-13(8-9-23-16)12-6-7-12)24(21,22)15-5-3-4-14(10-15)17(18,19)20/h3-5,10,12-13H,2,6-9,11H2,1H3. The number of ether oxygens (including phenoxy) is 1. The van der Waals surface area contributed by atoms with Gasteiger partial charge in [-0.25, -0.2) is 8.42 Å². The SMILES string of the molecule is CCC1(S(=O)(=O)c2cccc(C(F)(F)F)c2)CC(C2CC2)CCO1. The Bertz CT molecular complexity index is 710. The lowest BCUT2D eigenvalue weighted by Gasteiger charge is -2.40. The van der Waals surface area contributed by atoms with E-state index in [2.05, 4.69) is 0 Å². The first-order valence-corrected chi connectivity index (χ1v) is 9.74. The summed E-state index contributed by atoms with van der Waals surface area (Å²) in [6.07, 6.45) is -0.941. The van der Waals surface area contributed by atoms with Crippen LogP contribution in [0.4, 0.5) is 13.2 Å². The van der Waals surface area contributed by atoms with Crippen LogP contribution in [-0.4, -0.2) is 20.0 Å². The predicted octanol–water partition coefficient (Wildman–Crippen LogP) is 4.42. The van der Waals surface area contributed by atoms with Crippen molar-refractivity contribution in [3.8, 4) is 0 Å². The molecule has 2 unspecified atom stereocenters. The minimum Gasteiger partial charge on any atom is -0.359 e. The molecule has 0 aromatic heterocycles. The van der Waals surface area contributed by atoms with Crippen LogP contribution in [0.2, 0.25) is 0 Å². The van der Waals surface area contributed by atoms with Crippen molar-refractivity contribution in [2.75, 3.05) is 6.61 Å². The van der Waals surface area contributed by atoms with Crippen LogP contribution in [0.5, 0.6) is 0 Å². The molecule has 1 heterocycles. The summed E-state index contributed by atoms with van der Waals surface area (Å²) in [6, 6.07) is 3.97. The molecule has 3 nitrogen and oxygen atoms in total. The number of hydrogen-bond donors (Lipinski definition) is 0. The second-order valence-electron chi connectivity index (χ2n) is 6.73. The Morgan fingerprint density at radius 3 is 2.50 bits per heavy atom. The molecule has 0 N–H and O–H groups in total. The summed E-state index contributed by atoms with van der Waals surface area (Å²) in [6.45, 7) is 2.06. The molecular weight excluding hydrogens is 341 g/mol. The molecule has 134 valence electrons. The summed E-state index contributed by atoms with van der Waals surface area (Å²) < 4.78 is 70.7. The lowest BCUT2D eigenvalue weighted by atomic mass is 9.90. The quantitative estimate of drug-likeness (QED) is 0.796. The normalized spacial score (nSPS) is 28.8. The zero-order chi connectivity index (χ0) is 17.6. The maximum atomic E-state index is 13.1. The number of alkyl halides is 3. The number of hydrogen-bond acceptors (Lipinski definition) is 3. The molecule has 2 atom stereocenters. The topological polar surface area (TPSA) is 43.4 Å². The van der Waals surface area contributed by atoms with Crippen molar-refractivity contribution >= 4 is 9.84 Å². The molecule has 3 rings (SSSR count). The van der Waals surface area contributed by atoms with Crippen LogP contribution < -0.4 is 0 Å². The molecule has 2 fully saturated rings. The van der Waals surface area contributed by atoms with Gasteiger partial charge in [0.05, 0.1) is 10.5 Å². The van der Waals surface area contributed by atoms with Crippen molar-refractivity contribution in [2.24, 2.45) is 11.8 Å². The Kier molecular flexibility index (Phi) is 4.45. The molecule has 1 aliphatic heterocycles. The lowest BCUT2D eigenvalue weighted by Crippen LogP contribution is -2.46. The zero-order valence-electron chi connectivity index (χ0n) is 13.5. The van der Waals surface area contributed by atoms with Crippen molar-refractivity contribution in [1.29, 1.82) is 0 Å². The first-order valence-electron chi connectivity index (χ1n) is 8.25. The fourth-order valence-corrected chi connectivity index (χ4v) is 5.63. The summed E-state index contributed by atoms with van der Waals surface area (Å²) in [5.74, 6) is 0.816. The maximum absolute atomic E-state index is 13.1. The van der Waals surface area contributed by atoms with E-state index in [1.807, 2.05) is 0 Å². The fourth-order valence-electron chi connectivity index (χ4n) is 3.60. The molecule has 24 heavy (non-hydrogen) atoms. The molecule has 1 aromatic carbocycles. The summed E-state index contributed by atoms with van der Waals surface area (Å²) in [5.41, 5.74) is -0.954. The molecule has 2 aliphatic rings. The zero-order valence-corrected chi connectivity index (χ0v) is 14.3. The highest BCUT2D eigenvalue weighted by Gasteiger charge is 2.51. The van der Waals surface area contributed by atoms with Crippen LogP contribution in [-0.2, 0) is 20.8 Å². The molecule has 1 saturated carbocycles. The van der Waals surface area contributed by atoms with Crippen LogP contribution in [0.25, 0.3) is 0 Å². The molecule has 0 spiro atoms. The van der Waals surface area contributed by atoms with E-state index in [0.29, 0.717) is 18.9 Å². The Labute approximate surface area is 140 Å². The number of benzene rings is 1. The van der Waals surface area contributed by atoms with E-state index in [4.69, 9.17) is 4.74 Å². The van der Waals surface area contributed by atoms with Crippen molar-refractivity contribution < 1.29 is 26.3 Å². The van der Waals surface area contributed by atoms with Crippen molar-refractivity contribution in [2.45, 2.75) is 55.0 Å². The van der Waals surface area contributed by atoms with Crippen molar-refractivity contribution in [3.63, 3.8) is 0 Å². The minimum atomic E-state index is -4.57. The Hall–Kier alpha value is -1.08. The highest BCUT2D eigenvalue weighted by atomic mass is 32.2. The van der Waals surface area contributed by atoms with Gasteiger partial charge >= 0.3 is 6.18 Å². The molecule has 1 aromatic rings. The Morgan fingerprint density at radius 1 is 1.21 bits per heavy atom. The van der Waals surface area contributed by atoms with E-state index < -0.39 is 26.5 Å². The van der Waals surface area contributed by atoms with Crippen molar-refractivity contribution in [1.82, 2.24) is 0 Å². The van der Waals surface area contributed by atoms with E-state index in [9.17, 15) is 21.6 Å². The van der Waals surface area contributed by atoms with Crippen molar-refractivity contribution in [3.05, 3.63) is 29.8 Å². The van der Waals surface area contributed by atoms with Crippen LogP contribution in [0.15, 0.2) is 29.2 Å². The lowest BCUT2D eigenvalue weighted by molar-refractivity contribution is -0.137. The summed E-state index contributed by atoms with van der Waals surface area (Å²) in [5, 5.41) is 0. The van der Waals surface area contributed by atoms with Crippen LogP contribution in [0.1, 0.15) is 44.6 Å². The highest BCUT2D eigenvalue weighted by Crippen LogP contribution is 2.49. The molecule has 0 radical (unpaired) electrons. The monoisotopic (exact) mass is 362 g/mol. The van der Waals surface area contributed by atoms with Gasteiger partial charge in [-0.05, 0) is 62.1 Å². The van der Waals surface area contributed by atoms with E-state index in [1.165, 1.54) is 6.07 Å². The van der Waals surface area contributed by atoms with E-state index in [0.717, 1.165) is 37.5 Å². The minimum absolute atomic E-state index is 0.231. The third kappa shape index (κ3) is 3.08.